The van der Waals surface area contributed by atoms with Gasteiger partial charge >= 0.3 is 12.0 Å². The van der Waals surface area contributed by atoms with E-state index in [-0.39, 0.29) is 11.5 Å². The minimum Gasteiger partial charge on any atom is -0.465 e. The molecule has 0 aliphatic carbocycles. The molecule has 0 saturated heterocycles. The van der Waals surface area contributed by atoms with E-state index >= 15 is 0 Å². The molecule has 4 aromatic rings. The number of amides is 3. The van der Waals surface area contributed by atoms with Gasteiger partial charge in [-0.05, 0) is 59.7 Å². The molecule has 0 radical (unpaired) electrons. The number of rotatable bonds is 7. The maximum atomic E-state index is 13.0. The van der Waals surface area contributed by atoms with Gasteiger partial charge in [0, 0.05) is 17.3 Å². The smallest absolute Gasteiger partial charge is 0.357 e. The highest BCUT2D eigenvalue weighted by Gasteiger charge is 2.22. The first-order chi connectivity index (χ1) is 17.4. The zero-order valence-corrected chi connectivity index (χ0v) is 19.5. The lowest BCUT2D eigenvalue weighted by Gasteiger charge is -2.11. The molecule has 11 nitrogen and oxygen atoms in total. The fraction of sp³-hybridized carbons (Fsp3) is 0.120. The molecule has 0 unspecified atom stereocenters. The van der Waals surface area contributed by atoms with Crippen LogP contribution < -0.4 is 10.6 Å². The number of esters is 1. The summed E-state index contributed by atoms with van der Waals surface area (Å²) in [5.41, 5.74) is 3.14. The van der Waals surface area contributed by atoms with Crippen molar-refractivity contribution >= 4 is 35.4 Å². The molecule has 11 heteroatoms. The average Bonchev–Trinajstić information content (AvgIpc) is 3.56. The zero-order valence-electron chi connectivity index (χ0n) is 19.5. The predicted molar refractivity (Wildman–Crippen MR) is 130 cm³/mol. The Bertz CT molecular complexity index is 1410. The lowest BCUT2D eigenvalue weighted by molar-refractivity contribution is -0.142. The summed E-state index contributed by atoms with van der Waals surface area (Å²) >= 11 is 0. The Morgan fingerprint density at radius 2 is 1.83 bits per heavy atom. The van der Waals surface area contributed by atoms with Gasteiger partial charge in [-0.3, -0.25) is 10.1 Å². The van der Waals surface area contributed by atoms with E-state index in [4.69, 9.17) is 9.15 Å². The molecule has 3 amide bonds. The van der Waals surface area contributed by atoms with Gasteiger partial charge in [-0.1, -0.05) is 36.4 Å². The van der Waals surface area contributed by atoms with Crippen LogP contribution in [-0.4, -0.2) is 44.7 Å². The number of tetrazole rings is 1. The van der Waals surface area contributed by atoms with Crippen LogP contribution in [0.5, 0.6) is 0 Å². The first-order valence-corrected chi connectivity index (χ1v) is 10.9. The molecular formula is C25H22N6O5. The third-order valence-corrected chi connectivity index (χ3v) is 5.11. The number of hydrogen-bond donors (Lipinski definition) is 2. The normalized spacial score (nSPS) is 11.1. The van der Waals surface area contributed by atoms with Crippen molar-refractivity contribution in [2.75, 3.05) is 11.9 Å². The van der Waals surface area contributed by atoms with Crippen LogP contribution in [0.3, 0.4) is 0 Å². The second-order valence-electron chi connectivity index (χ2n) is 7.70. The van der Waals surface area contributed by atoms with E-state index in [1.165, 1.54) is 17.0 Å². The topological polar surface area (TPSA) is 141 Å². The number of urea groups is 1. The molecule has 0 saturated carbocycles. The van der Waals surface area contributed by atoms with Crippen LogP contribution in [0.2, 0.25) is 0 Å². The van der Waals surface area contributed by atoms with E-state index < -0.39 is 24.5 Å². The first kappa shape index (κ1) is 24.1. The van der Waals surface area contributed by atoms with Gasteiger partial charge < -0.3 is 14.5 Å². The number of aryl methyl sites for hydroxylation is 2. The van der Waals surface area contributed by atoms with Crippen molar-refractivity contribution in [3.05, 3.63) is 83.8 Å². The van der Waals surface area contributed by atoms with Gasteiger partial charge in [0.15, 0.2) is 18.1 Å². The summed E-state index contributed by atoms with van der Waals surface area (Å²) in [5, 5.41) is 16.3. The first-order valence-electron chi connectivity index (χ1n) is 10.9. The second-order valence-corrected chi connectivity index (χ2v) is 7.70. The minimum atomic E-state index is -0.902. The third-order valence-electron chi connectivity index (χ3n) is 5.11. The molecule has 0 bridgehead atoms. The summed E-state index contributed by atoms with van der Waals surface area (Å²) in [5.74, 6) is -1.10. The summed E-state index contributed by atoms with van der Waals surface area (Å²) in [6.45, 7) is 3.14. The van der Waals surface area contributed by atoms with Crippen LogP contribution in [0, 0.1) is 13.8 Å². The van der Waals surface area contributed by atoms with Crippen LogP contribution >= 0.6 is 0 Å². The largest absolute Gasteiger partial charge is 0.465 e. The van der Waals surface area contributed by atoms with E-state index in [0.717, 1.165) is 11.1 Å². The average molecular weight is 486 g/mol. The monoisotopic (exact) mass is 486 g/mol. The van der Waals surface area contributed by atoms with E-state index in [2.05, 4.69) is 26.2 Å². The number of ether oxygens (including phenoxy) is 1. The number of aromatic nitrogens is 4. The fourth-order valence-electron chi connectivity index (χ4n) is 3.18. The van der Waals surface area contributed by atoms with Crippen molar-refractivity contribution in [2.45, 2.75) is 13.8 Å². The molecule has 0 aliphatic heterocycles. The summed E-state index contributed by atoms with van der Waals surface area (Å²) in [7, 11) is 0. The van der Waals surface area contributed by atoms with Crippen LogP contribution in [0.4, 0.5) is 10.5 Å². The number of anilines is 1. The van der Waals surface area contributed by atoms with E-state index in [0.29, 0.717) is 17.0 Å². The van der Waals surface area contributed by atoms with Crippen LogP contribution in [0.25, 0.3) is 23.2 Å². The molecule has 2 aromatic heterocycles. The number of furan rings is 1. The van der Waals surface area contributed by atoms with Gasteiger partial charge in [0.05, 0.1) is 6.26 Å². The Balaban J connectivity index is 1.45. The van der Waals surface area contributed by atoms with E-state index in [9.17, 15) is 14.4 Å². The lowest BCUT2D eigenvalue weighted by Crippen LogP contribution is -2.37. The molecule has 2 N–H and O–H groups in total. The molecular weight excluding hydrogens is 464 g/mol. The molecule has 2 heterocycles. The third kappa shape index (κ3) is 5.89. The van der Waals surface area contributed by atoms with Crippen molar-refractivity contribution in [3.8, 4) is 11.4 Å². The van der Waals surface area contributed by atoms with Gasteiger partial charge in [0.25, 0.3) is 5.91 Å². The van der Waals surface area contributed by atoms with Crippen molar-refractivity contribution in [1.29, 1.82) is 0 Å². The van der Waals surface area contributed by atoms with Crippen LogP contribution in [0.1, 0.15) is 16.9 Å². The number of imide groups is 1. The van der Waals surface area contributed by atoms with Crippen molar-refractivity contribution in [3.63, 3.8) is 0 Å². The number of carbonyl (C=O) groups is 3. The van der Waals surface area contributed by atoms with Crippen molar-refractivity contribution < 1.29 is 23.5 Å². The van der Waals surface area contributed by atoms with Crippen molar-refractivity contribution in [1.82, 2.24) is 25.5 Å². The summed E-state index contributed by atoms with van der Waals surface area (Å²) in [6.07, 6.45) is 2.82. The molecule has 2 aromatic carbocycles. The van der Waals surface area contributed by atoms with Gasteiger partial charge in [-0.25, -0.2) is 9.59 Å². The summed E-state index contributed by atoms with van der Waals surface area (Å²) in [4.78, 5) is 37.4. The molecule has 182 valence electrons. The Hall–Kier alpha value is -5.06. The molecule has 36 heavy (non-hydrogen) atoms. The zero-order chi connectivity index (χ0) is 25.5. The molecule has 0 aliphatic rings. The SMILES string of the molecule is Cc1ccc(NC(=O)NC(=O)COC(=O)/C(=C/c2ccco2)n2nnnc2-c2ccccc2)cc1C. The second kappa shape index (κ2) is 10.9. The number of carbonyl (C=O) groups excluding carboxylic acids is 3. The molecule has 0 spiro atoms. The highest BCUT2D eigenvalue weighted by atomic mass is 16.5. The summed E-state index contributed by atoms with van der Waals surface area (Å²) < 4.78 is 11.7. The van der Waals surface area contributed by atoms with Gasteiger partial charge in [0.2, 0.25) is 0 Å². The van der Waals surface area contributed by atoms with Crippen LogP contribution in [0.15, 0.2) is 71.3 Å². The Morgan fingerprint density at radius 1 is 1.03 bits per heavy atom. The van der Waals surface area contributed by atoms with Gasteiger partial charge in [0.1, 0.15) is 5.76 Å². The van der Waals surface area contributed by atoms with E-state index in [1.807, 2.05) is 26.0 Å². The maximum Gasteiger partial charge on any atom is 0.357 e. The highest BCUT2D eigenvalue weighted by molar-refractivity contribution is 6.16. The fourth-order valence-corrected chi connectivity index (χ4v) is 3.18. The minimum absolute atomic E-state index is 0.0961. The number of nitrogens with zero attached hydrogens (tertiary/aromatic N) is 4. The van der Waals surface area contributed by atoms with E-state index in [1.54, 1.807) is 48.5 Å². The standard InChI is InChI=1S/C25H22N6O5/c1-16-10-11-19(13-17(16)2)26-25(34)27-22(32)15-36-24(33)21(14-20-9-6-12-35-20)31-23(28-29-30-31)18-7-4-3-5-8-18/h3-14H,15H2,1-2H3,(H2,26,27,32,34)/b21-14-. The Morgan fingerprint density at radius 3 is 2.56 bits per heavy atom. The molecule has 0 atom stereocenters. The molecule has 4 rings (SSSR count). The molecule has 0 fully saturated rings. The number of benzene rings is 2. The quantitative estimate of drug-likeness (QED) is 0.299. The van der Waals surface area contributed by atoms with Crippen LogP contribution in [-0.2, 0) is 14.3 Å². The highest BCUT2D eigenvalue weighted by Crippen LogP contribution is 2.21. The number of nitrogens with one attached hydrogen (secondary N) is 2. The van der Waals surface area contributed by atoms with Gasteiger partial charge in [-0.2, -0.15) is 4.68 Å². The summed E-state index contributed by atoms with van der Waals surface area (Å²) in [6, 6.07) is 16.9. The Labute approximate surface area is 205 Å². The maximum absolute atomic E-state index is 13.0. The van der Waals surface area contributed by atoms with Crippen molar-refractivity contribution in [2.24, 2.45) is 0 Å². The van der Waals surface area contributed by atoms with Gasteiger partial charge in [-0.15, -0.1) is 5.10 Å². The predicted octanol–water partition coefficient (Wildman–Crippen LogP) is 3.44. The lowest BCUT2D eigenvalue weighted by atomic mass is 10.1. The number of hydrogen-bond acceptors (Lipinski definition) is 8. The Kier molecular flexibility index (Phi) is 7.30.